The summed E-state index contributed by atoms with van der Waals surface area (Å²) in [6.45, 7) is 6.27. The molecule has 0 saturated heterocycles. The van der Waals surface area contributed by atoms with Crippen LogP contribution >= 0.6 is 0 Å². The highest BCUT2D eigenvalue weighted by Crippen LogP contribution is 2.52. The molecule has 1 aliphatic heterocycles. The van der Waals surface area contributed by atoms with E-state index >= 15 is 0 Å². The maximum Gasteiger partial charge on any atom is 0.246 e. The topological polar surface area (TPSA) is 106 Å². The zero-order chi connectivity index (χ0) is 21.3. The highest BCUT2D eigenvalue weighted by Gasteiger charge is 2.38. The van der Waals surface area contributed by atoms with E-state index in [2.05, 4.69) is 26.6 Å². The molecule has 1 N–H and O–H groups in total. The van der Waals surface area contributed by atoms with E-state index in [1.54, 1.807) is 25.4 Å². The normalized spacial score (nSPS) is 15.2. The first-order valence-electron chi connectivity index (χ1n) is 9.54. The molecule has 1 atom stereocenters. The molecular weight excluding hydrogens is 382 g/mol. The van der Waals surface area contributed by atoms with E-state index in [0.717, 1.165) is 28.1 Å². The number of allylic oxidation sites excluding steroid dienone is 2. The number of methoxy groups -OCH3 is 1. The molecule has 30 heavy (non-hydrogen) atoms. The molecule has 0 amide bonds. The van der Waals surface area contributed by atoms with Crippen LogP contribution in [0.5, 0.6) is 11.6 Å². The smallest absolute Gasteiger partial charge is 0.246 e. The van der Waals surface area contributed by atoms with Gasteiger partial charge in [0.2, 0.25) is 18.2 Å². The minimum absolute atomic E-state index is 0.356. The van der Waals surface area contributed by atoms with Crippen molar-refractivity contribution in [2.45, 2.75) is 26.7 Å². The van der Waals surface area contributed by atoms with Gasteiger partial charge in [0.1, 0.15) is 5.75 Å². The van der Waals surface area contributed by atoms with E-state index in [-0.39, 0.29) is 0 Å². The number of ether oxygens (including phenoxy) is 2. The van der Waals surface area contributed by atoms with Gasteiger partial charge in [-0.2, -0.15) is 5.26 Å². The summed E-state index contributed by atoms with van der Waals surface area (Å²) in [5.41, 5.74) is 5.41. The molecule has 8 nitrogen and oxygen atoms in total. The third-order valence-electron chi connectivity index (χ3n) is 5.13. The summed E-state index contributed by atoms with van der Waals surface area (Å²) in [5, 5.41) is 21.3. The Morgan fingerprint density at radius 2 is 2.10 bits per heavy atom. The van der Waals surface area contributed by atoms with Crippen LogP contribution in [-0.4, -0.2) is 28.9 Å². The zero-order valence-corrected chi connectivity index (χ0v) is 17.2. The molecule has 1 unspecified atom stereocenters. The number of nitrogens with one attached hydrogen (secondary N) is 1. The van der Waals surface area contributed by atoms with Crippen LogP contribution < -0.4 is 14.8 Å². The van der Waals surface area contributed by atoms with Gasteiger partial charge in [0.15, 0.2) is 0 Å². The van der Waals surface area contributed by atoms with Crippen molar-refractivity contribution in [3.05, 3.63) is 64.6 Å². The molecule has 0 saturated carbocycles. The van der Waals surface area contributed by atoms with Crippen molar-refractivity contribution in [3.8, 4) is 17.7 Å². The number of pyridine rings is 1. The van der Waals surface area contributed by atoms with Gasteiger partial charge in [0.05, 0.1) is 42.5 Å². The van der Waals surface area contributed by atoms with Gasteiger partial charge in [-0.05, 0) is 38.5 Å². The Hall–Kier alpha value is -3.86. The van der Waals surface area contributed by atoms with E-state index in [0.29, 0.717) is 35.3 Å². The van der Waals surface area contributed by atoms with Gasteiger partial charge in [-0.3, -0.25) is 0 Å². The summed E-state index contributed by atoms with van der Waals surface area (Å²) < 4.78 is 17.1. The first-order valence-corrected chi connectivity index (χ1v) is 9.54. The van der Waals surface area contributed by atoms with Crippen molar-refractivity contribution >= 4 is 11.3 Å². The number of aromatic nitrogens is 3. The van der Waals surface area contributed by atoms with Gasteiger partial charge in [-0.15, -0.1) is 10.2 Å². The second kappa shape index (κ2) is 7.87. The number of fused-ring (bicyclic) bond motifs is 1. The SMILES string of the molecule is CCOc1ncc(C)c2c1C(c1c(C#N)cccc1OC)C(c1nnco1)=C(C)N2. The molecule has 0 aliphatic carbocycles. The monoisotopic (exact) mass is 403 g/mol. The van der Waals surface area contributed by atoms with Crippen LogP contribution in [0.4, 0.5) is 5.69 Å². The lowest BCUT2D eigenvalue weighted by atomic mass is 9.78. The van der Waals surface area contributed by atoms with Crippen molar-refractivity contribution in [1.82, 2.24) is 15.2 Å². The van der Waals surface area contributed by atoms with Crippen LogP contribution in [0.3, 0.4) is 0 Å². The Bertz CT molecular complexity index is 1160. The Kier molecular flexibility index (Phi) is 5.11. The van der Waals surface area contributed by atoms with Gasteiger partial charge in [-0.25, -0.2) is 4.98 Å². The van der Waals surface area contributed by atoms with Crippen molar-refractivity contribution in [1.29, 1.82) is 5.26 Å². The van der Waals surface area contributed by atoms with Crippen LogP contribution in [0.15, 0.2) is 40.9 Å². The maximum absolute atomic E-state index is 9.89. The van der Waals surface area contributed by atoms with Crippen LogP contribution in [0.25, 0.3) is 5.57 Å². The lowest BCUT2D eigenvalue weighted by Gasteiger charge is -2.32. The molecule has 1 aromatic carbocycles. The fourth-order valence-electron chi connectivity index (χ4n) is 3.89. The highest BCUT2D eigenvalue weighted by molar-refractivity contribution is 5.86. The van der Waals surface area contributed by atoms with E-state index < -0.39 is 5.92 Å². The average Bonchev–Trinajstić information content (AvgIpc) is 3.29. The Morgan fingerprint density at radius 1 is 1.27 bits per heavy atom. The molecule has 3 aromatic rings. The average molecular weight is 403 g/mol. The lowest BCUT2D eigenvalue weighted by Crippen LogP contribution is -2.21. The van der Waals surface area contributed by atoms with E-state index in [1.165, 1.54) is 6.39 Å². The van der Waals surface area contributed by atoms with Crippen molar-refractivity contribution in [2.24, 2.45) is 0 Å². The summed E-state index contributed by atoms with van der Waals surface area (Å²) in [5.74, 6) is 0.964. The molecule has 0 bridgehead atoms. The second-order valence-corrected chi connectivity index (χ2v) is 6.84. The molecule has 152 valence electrons. The van der Waals surface area contributed by atoms with Gasteiger partial charge >= 0.3 is 0 Å². The molecule has 3 heterocycles. The summed E-state index contributed by atoms with van der Waals surface area (Å²) in [6, 6.07) is 7.69. The Morgan fingerprint density at radius 3 is 2.77 bits per heavy atom. The number of rotatable bonds is 5. The summed E-state index contributed by atoms with van der Waals surface area (Å²) in [4.78, 5) is 4.53. The number of aryl methyl sites for hydroxylation is 1. The minimum atomic E-state index is -0.457. The van der Waals surface area contributed by atoms with Crippen molar-refractivity contribution in [2.75, 3.05) is 19.0 Å². The Labute approximate surface area is 174 Å². The predicted octanol–water partition coefficient (Wildman–Crippen LogP) is 4.04. The predicted molar refractivity (Wildman–Crippen MR) is 110 cm³/mol. The van der Waals surface area contributed by atoms with Crippen LogP contribution in [0, 0.1) is 18.3 Å². The standard InChI is InChI=1S/C22H21N5O3/c1-5-29-21-19-18(17-14(9-23)7-6-8-15(17)28-4)16(22-27-25-11-30-22)13(3)26-20(19)12(2)10-24-21/h6-8,10-11,18,26H,5H2,1-4H3. The molecule has 4 rings (SSSR count). The number of nitrogens with zero attached hydrogens (tertiary/aromatic N) is 4. The number of anilines is 1. The summed E-state index contributed by atoms with van der Waals surface area (Å²) in [6.07, 6.45) is 3.06. The van der Waals surface area contributed by atoms with Crippen molar-refractivity contribution in [3.63, 3.8) is 0 Å². The number of hydrogen-bond donors (Lipinski definition) is 1. The van der Waals surface area contributed by atoms with E-state index in [4.69, 9.17) is 13.9 Å². The van der Waals surface area contributed by atoms with Crippen LogP contribution in [-0.2, 0) is 0 Å². The third kappa shape index (κ3) is 3.05. The lowest BCUT2D eigenvalue weighted by molar-refractivity contribution is 0.322. The van der Waals surface area contributed by atoms with Gasteiger partial charge < -0.3 is 19.2 Å². The molecular formula is C22H21N5O3. The highest BCUT2D eigenvalue weighted by atomic mass is 16.5. The van der Waals surface area contributed by atoms with Gasteiger partial charge in [0.25, 0.3) is 0 Å². The molecule has 0 spiro atoms. The Balaban J connectivity index is 2.11. The molecule has 1 aliphatic rings. The van der Waals surface area contributed by atoms with Gasteiger partial charge in [0, 0.05) is 23.0 Å². The largest absolute Gasteiger partial charge is 0.496 e. The van der Waals surface area contributed by atoms with E-state index in [9.17, 15) is 5.26 Å². The number of nitriles is 1. The molecule has 2 aromatic heterocycles. The van der Waals surface area contributed by atoms with Crippen LogP contribution in [0.1, 0.15) is 47.9 Å². The maximum atomic E-state index is 9.89. The number of benzene rings is 1. The van der Waals surface area contributed by atoms with Gasteiger partial charge in [-0.1, -0.05) is 6.07 Å². The molecule has 0 fully saturated rings. The fourth-order valence-corrected chi connectivity index (χ4v) is 3.89. The van der Waals surface area contributed by atoms with Crippen molar-refractivity contribution < 1.29 is 13.9 Å². The first-order chi connectivity index (χ1) is 14.6. The van der Waals surface area contributed by atoms with Crippen LogP contribution in [0.2, 0.25) is 0 Å². The minimum Gasteiger partial charge on any atom is -0.496 e. The van der Waals surface area contributed by atoms with E-state index in [1.807, 2.05) is 26.8 Å². The number of hydrogen-bond acceptors (Lipinski definition) is 8. The first kappa shape index (κ1) is 19.5. The fraction of sp³-hybridized carbons (Fsp3) is 0.273. The third-order valence-corrected chi connectivity index (χ3v) is 5.13. The summed E-state index contributed by atoms with van der Waals surface area (Å²) >= 11 is 0. The quantitative estimate of drug-likeness (QED) is 0.680. The summed E-state index contributed by atoms with van der Waals surface area (Å²) in [7, 11) is 1.59. The zero-order valence-electron chi connectivity index (χ0n) is 17.2. The molecule has 8 heteroatoms. The molecule has 0 radical (unpaired) electrons. The second-order valence-electron chi connectivity index (χ2n) is 6.84.